The second-order valence-electron chi connectivity index (χ2n) is 5.83. The summed E-state index contributed by atoms with van der Waals surface area (Å²) in [5.74, 6) is -0.151. The number of likely N-dealkylation sites (tertiary alicyclic amines) is 1. The molecule has 2 fully saturated rings. The molecule has 2 heterocycles. The highest BCUT2D eigenvalue weighted by Gasteiger charge is 2.32. The molecule has 0 aliphatic carbocycles. The summed E-state index contributed by atoms with van der Waals surface area (Å²) in [6.45, 7) is 8.16. The largest absolute Gasteiger partial charge is 0.480 e. The van der Waals surface area contributed by atoms with E-state index in [4.69, 9.17) is 5.11 Å². The molecule has 2 aliphatic rings. The lowest BCUT2D eigenvalue weighted by atomic mass is 10.1. The van der Waals surface area contributed by atoms with E-state index in [0.29, 0.717) is 32.1 Å². The van der Waals surface area contributed by atoms with Gasteiger partial charge in [0.15, 0.2) is 0 Å². The summed E-state index contributed by atoms with van der Waals surface area (Å²) in [4.78, 5) is 29.1. The zero-order chi connectivity index (χ0) is 14.7. The molecule has 1 N–H and O–H groups in total. The van der Waals surface area contributed by atoms with E-state index in [1.807, 2.05) is 14.7 Å². The van der Waals surface area contributed by atoms with Gasteiger partial charge in [-0.3, -0.25) is 9.69 Å². The highest BCUT2D eigenvalue weighted by Crippen LogP contribution is 2.21. The second-order valence-corrected chi connectivity index (χ2v) is 5.83. The Labute approximate surface area is 120 Å². The van der Waals surface area contributed by atoms with Gasteiger partial charge in [0, 0.05) is 39.3 Å². The maximum Gasteiger partial charge on any atom is 0.320 e. The summed E-state index contributed by atoms with van der Waals surface area (Å²) in [6, 6.07) is -0.341. The molecular formula is C14H25N3O3. The van der Waals surface area contributed by atoms with Gasteiger partial charge in [-0.2, -0.15) is 0 Å². The van der Waals surface area contributed by atoms with E-state index < -0.39 is 12.0 Å². The Morgan fingerprint density at radius 3 is 2.30 bits per heavy atom. The van der Waals surface area contributed by atoms with Gasteiger partial charge in [-0.15, -0.1) is 0 Å². The number of nitrogens with zero attached hydrogens (tertiary/aromatic N) is 3. The third kappa shape index (κ3) is 3.23. The van der Waals surface area contributed by atoms with E-state index in [-0.39, 0.29) is 6.03 Å². The molecule has 0 aromatic rings. The van der Waals surface area contributed by atoms with Crippen LogP contribution in [0.3, 0.4) is 0 Å². The number of rotatable bonds is 3. The molecule has 114 valence electrons. The Bertz CT molecular complexity index is 367. The molecule has 2 unspecified atom stereocenters. The number of hydrogen-bond donors (Lipinski definition) is 1. The van der Waals surface area contributed by atoms with Gasteiger partial charge in [-0.25, -0.2) is 4.79 Å². The molecule has 0 aromatic carbocycles. The van der Waals surface area contributed by atoms with E-state index in [2.05, 4.69) is 6.92 Å². The first-order valence-electron chi connectivity index (χ1n) is 7.53. The Morgan fingerprint density at radius 1 is 1.15 bits per heavy atom. The number of carbonyl (C=O) groups excluding carboxylic acids is 1. The molecule has 6 heteroatoms. The Hall–Kier alpha value is -1.30. The minimum atomic E-state index is -0.796. The van der Waals surface area contributed by atoms with Crippen molar-refractivity contribution in [1.82, 2.24) is 14.7 Å². The predicted molar refractivity (Wildman–Crippen MR) is 75.6 cm³/mol. The number of hydrogen-bond acceptors (Lipinski definition) is 3. The number of carboxylic acid groups (broad SMARTS) is 1. The first kappa shape index (κ1) is 15.1. The lowest BCUT2D eigenvalue weighted by molar-refractivity contribution is -0.143. The number of piperazine rings is 1. The molecule has 2 aliphatic heterocycles. The maximum atomic E-state index is 12.4. The summed E-state index contributed by atoms with van der Waals surface area (Å²) >= 11 is 0. The summed E-state index contributed by atoms with van der Waals surface area (Å²) in [5.41, 5.74) is 0. The molecule has 0 spiro atoms. The highest BCUT2D eigenvalue weighted by atomic mass is 16.4. The van der Waals surface area contributed by atoms with Crippen molar-refractivity contribution >= 4 is 12.0 Å². The van der Waals surface area contributed by atoms with Crippen LogP contribution in [0.15, 0.2) is 0 Å². The van der Waals surface area contributed by atoms with Crippen LogP contribution in [-0.4, -0.2) is 77.1 Å². The van der Waals surface area contributed by atoms with Gasteiger partial charge in [0.05, 0.1) is 0 Å². The molecule has 2 atom stereocenters. The van der Waals surface area contributed by atoms with Crippen LogP contribution in [0.25, 0.3) is 0 Å². The van der Waals surface area contributed by atoms with E-state index in [9.17, 15) is 9.59 Å². The lowest BCUT2D eigenvalue weighted by Gasteiger charge is -2.38. The van der Waals surface area contributed by atoms with Crippen molar-refractivity contribution in [2.75, 3.05) is 39.3 Å². The number of carbonyl (C=O) groups is 2. The molecular weight excluding hydrogens is 258 g/mol. The molecule has 2 rings (SSSR count). The van der Waals surface area contributed by atoms with Crippen LogP contribution in [0, 0.1) is 5.92 Å². The average molecular weight is 283 g/mol. The minimum Gasteiger partial charge on any atom is -0.480 e. The smallest absolute Gasteiger partial charge is 0.320 e. The maximum absolute atomic E-state index is 12.4. The number of urea groups is 1. The molecule has 0 saturated carbocycles. The molecule has 6 nitrogen and oxygen atoms in total. The van der Waals surface area contributed by atoms with Crippen molar-refractivity contribution < 1.29 is 14.7 Å². The third-order valence-electron chi connectivity index (χ3n) is 4.62. The van der Waals surface area contributed by atoms with E-state index in [1.54, 1.807) is 6.92 Å². The van der Waals surface area contributed by atoms with E-state index in [1.165, 1.54) is 0 Å². The monoisotopic (exact) mass is 283 g/mol. The van der Waals surface area contributed by atoms with Crippen LogP contribution in [-0.2, 0) is 4.79 Å². The van der Waals surface area contributed by atoms with E-state index >= 15 is 0 Å². The first-order chi connectivity index (χ1) is 9.52. The van der Waals surface area contributed by atoms with Gasteiger partial charge >= 0.3 is 12.0 Å². The highest BCUT2D eigenvalue weighted by molar-refractivity contribution is 5.75. The fourth-order valence-electron chi connectivity index (χ4n) is 3.00. The summed E-state index contributed by atoms with van der Waals surface area (Å²) in [6.07, 6.45) is 2.24. The average Bonchev–Trinajstić information content (AvgIpc) is 2.94. The van der Waals surface area contributed by atoms with Crippen molar-refractivity contribution in [2.45, 2.75) is 32.7 Å². The van der Waals surface area contributed by atoms with Crippen molar-refractivity contribution in [3.63, 3.8) is 0 Å². The van der Waals surface area contributed by atoms with Gasteiger partial charge in [-0.1, -0.05) is 13.3 Å². The van der Waals surface area contributed by atoms with Crippen molar-refractivity contribution in [2.24, 2.45) is 5.92 Å². The normalized spacial score (nSPS) is 25.8. The molecule has 0 bridgehead atoms. The van der Waals surface area contributed by atoms with E-state index in [0.717, 1.165) is 25.9 Å². The lowest BCUT2D eigenvalue weighted by Crippen LogP contribution is -2.55. The molecule has 20 heavy (non-hydrogen) atoms. The van der Waals surface area contributed by atoms with Gasteiger partial charge in [0.25, 0.3) is 0 Å². The second kappa shape index (κ2) is 6.43. The quantitative estimate of drug-likeness (QED) is 0.837. The van der Waals surface area contributed by atoms with Crippen LogP contribution in [0.5, 0.6) is 0 Å². The van der Waals surface area contributed by atoms with Crippen LogP contribution < -0.4 is 0 Å². The van der Waals surface area contributed by atoms with Crippen LogP contribution >= 0.6 is 0 Å². The fraction of sp³-hybridized carbons (Fsp3) is 0.857. The number of amides is 2. The molecule has 0 radical (unpaired) electrons. The molecule has 2 saturated heterocycles. The number of carboxylic acids is 1. The summed E-state index contributed by atoms with van der Waals surface area (Å²) in [5, 5.41) is 9.01. The van der Waals surface area contributed by atoms with Crippen LogP contribution in [0.2, 0.25) is 0 Å². The summed E-state index contributed by atoms with van der Waals surface area (Å²) < 4.78 is 0. The number of aliphatic carboxylic acids is 1. The molecule has 2 amide bonds. The minimum absolute atomic E-state index is 0.128. The van der Waals surface area contributed by atoms with Crippen LogP contribution in [0.4, 0.5) is 4.79 Å². The third-order valence-corrected chi connectivity index (χ3v) is 4.62. The van der Waals surface area contributed by atoms with Crippen molar-refractivity contribution in [1.29, 1.82) is 0 Å². The molecule has 0 aromatic heterocycles. The zero-order valence-corrected chi connectivity index (χ0v) is 12.4. The van der Waals surface area contributed by atoms with Crippen LogP contribution in [0.1, 0.15) is 26.7 Å². The Balaban J connectivity index is 1.82. The Kier molecular flexibility index (Phi) is 4.86. The van der Waals surface area contributed by atoms with Gasteiger partial charge in [0.1, 0.15) is 6.04 Å². The SMILES string of the molecule is CCC1CCN(C(=O)N2CCN(C(C)C(=O)O)CC2)C1. The fourth-order valence-corrected chi connectivity index (χ4v) is 3.00. The standard InChI is InChI=1S/C14H25N3O3/c1-3-12-4-5-17(10-12)14(20)16-8-6-15(7-9-16)11(2)13(18)19/h11-12H,3-10H2,1-2H3,(H,18,19). The van der Waals surface area contributed by atoms with Gasteiger partial charge < -0.3 is 14.9 Å². The predicted octanol–water partition coefficient (Wildman–Crippen LogP) is 0.929. The first-order valence-corrected chi connectivity index (χ1v) is 7.53. The zero-order valence-electron chi connectivity index (χ0n) is 12.4. The summed E-state index contributed by atoms with van der Waals surface area (Å²) in [7, 11) is 0. The van der Waals surface area contributed by atoms with Crippen molar-refractivity contribution in [3.05, 3.63) is 0 Å². The van der Waals surface area contributed by atoms with Crippen molar-refractivity contribution in [3.8, 4) is 0 Å². The van der Waals surface area contributed by atoms with Gasteiger partial charge in [-0.05, 0) is 19.3 Å². The van der Waals surface area contributed by atoms with Gasteiger partial charge in [0.2, 0.25) is 0 Å². The Morgan fingerprint density at radius 2 is 1.80 bits per heavy atom. The topological polar surface area (TPSA) is 64.1 Å².